The molecule has 0 spiro atoms. The van der Waals surface area contributed by atoms with E-state index in [1.165, 1.54) is 34.6 Å². The molecule has 3 saturated heterocycles. The number of carboxylic acids is 1. The van der Waals surface area contributed by atoms with Gasteiger partial charge in [0, 0.05) is 29.8 Å². The van der Waals surface area contributed by atoms with Gasteiger partial charge in [0.15, 0.2) is 0 Å². The summed E-state index contributed by atoms with van der Waals surface area (Å²) in [5.74, 6) is -2.18. The molecule has 8 N–H and O–H groups in total. The highest BCUT2D eigenvalue weighted by atomic mass is 32.2. The summed E-state index contributed by atoms with van der Waals surface area (Å²) in [4.78, 5) is 49.7. The zero-order valence-corrected chi connectivity index (χ0v) is 25.8. The van der Waals surface area contributed by atoms with Gasteiger partial charge in [-0.1, -0.05) is 20.3 Å². The number of carboxylic acid groups (broad SMARTS) is 1. The second-order valence-electron chi connectivity index (χ2n) is 12.6. The van der Waals surface area contributed by atoms with Crippen LogP contribution in [0.2, 0.25) is 0 Å². The number of rotatable bonds is 12. The molecule has 42 heavy (non-hydrogen) atoms. The smallest absolute Gasteiger partial charge is 0.340 e. The lowest BCUT2D eigenvalue weighted by Gasteiger charge is -2.70. The molecule has 0 aliphatic carbocycles. The molecular weight excluding hydrogens is 574 g/mol. The van der Waals surface area contributed by atoms with Crippen molar-refractivity contribution in [2.75, 3.05) is 25.6 Å². The van der Waals surface area contributed by atoms with Gasteiger partial charge in [0.25, 0.3) is 0 Å². The van der Waals surface area contributed by atoms with Crippen LogP contribution >= 0.6 is 11.8 Å². The van der Waals surface area contributed by atoms with E-state index in [0.717, 1.165) is 19.1 Å². The molecule has 0 aromatic rings. The second kappa shape index (κ2) is 11.7. The molecule has 3 amide bonds. The number of carbonyl (C=O) groups is 4. The molecule has 0 aromatic heterocycles. The van der Waals surface area contributed by atoms with Crippen molar-refractivity contribution in [2.45, 2.75) is 113 Å². The van der Waals surface area contributed by atoms with Gasteiger partial charge in [-0.15, -0.1) is 0 Å². The highest BCUT2D eigenvalue weighted by molar-refractivity contribution is 8.00. The molecule has 7 atom stereocenters. The molecule has 0 bridgehead atoms. The van der Waals surface area contributed by atoms with Crippen LogP contribution < -0.4 is 16.0 Å². The van der Waals surface area contributed by atoms with Crippen LogP contribution in [0.25, 0.3) is 0 Å². The number of hydrogen-bond acceptors (Lipinski definition) is 11. The average Bonchev–Trinajstić information content (AvgIpc) is 3.45. The number of aliphatic hydroxyl groups is 4. The van der Waals surface area contributed by atoms with Gasteiger partial charge in [0.2, 0.25) is 11.5 Å². The Bertz CT molecular complexity index is 1080. The van der Waals surface area contributed by atoms with Crippen LogP contribution in [0.15, 0.2) is 0 Å². The van der Waals surface area contributed by atoms with Crippen molar-refractivity contribution in [1.29, 1.82) is 0 Å². The van der Waals surface area contributed by atoms with Crippen molar-refractivity contribution in [3.05, 3.63) is 0 Å². The number of nitrogens with one attached hydrogen (secondary N) is 3. The Kier molecular flexibility index (Phi) is 9.59. The first-order valence-corrected chi connectivity index (χ1v) is 15.1. The van der Waals surface area contributed by atoms with E-state index in [9.17, 15) is 44.7 Å². The van der Waals surface area contributed by atoms with Crippen molar-refractivity contribution in [3.8, 4) is 0 Å². The Morgan fingerprint density at radius 3 is 2.29 bits per heavy atom. The maximum Gasteiger partial charge on any atom is 0.340 e. The van der Waals surface area contributed by atoms with Crippen LogP contribution in [-0.4, -0.2) is 120 Å². The fourth-order valence-corrected chi connectivity index (χ4v) is 8.20. The number of urea groups is 1. The lowest BCUT2D eigenvalue weighted by molar-refractivity contribution is -0.380. The van der Waals surface area contributed by atoms with Gasteiger partial charge in [-0.25, -0.2) is 9.59 Å². The molecule has 0 aromatic carbocycles. The number of fused-ring (bicyclic) bond motifs is 1. The zero-order chi connectivity index (χ0) is 31.9. The number of carbonyl (C=O) groups excluding carboxylic acids is 3. The van der Waals surface area contributed by atoms with Gasteiger partial charge in [-0.3, -0.25) is 9.59 Å². The third-order valence-electron chi connectivity index (χ3n) is 10.2. The van der Waals surface area contributed by atoms with Gasteiger partial charge in [-0.2, -0.15) is 11.8 Å². The van der Waals surface area contributed by atoms with Crippen LogP contribution in [0.3, 0.4) is 0 Å². The maximum absolute atomic E-state index is 13.0. The van der Waals surface area contributed by atoms with Gasteiger partial charge >= 0.3 is 18.0 Å². The monoisotopic (exact) mass is 619 g/mol. The maximum atomic E-state index is 13.0. The van der Waals surface area contributed by atoms with Crippen LogP contribution in [0.5, 0.6) is 0 Å². The van der Waals surface area contributed by atoms with E-state index in [-0.39, 0.29) is 29.8 Å². The largest absolute Gasteiger partial charge is 0.479 e. The highest BCUT2D eigenvalue weighted by Gasteiger charge is 2.80. The molecule has 3 aliphatic heterocycles. The fourth-order valence-electron chi connectivity index (χ4n) is 6.66. The summed E-state index contributed by atoms with van der Waals surface area (Å²) in [6.45, 7) is 4.52. The lowest BCUT2D eigenvalue weighted by Crippen LogP contribution is -2.90. The summed E-state index contributed by atoms with van der Waals surface area (Å²) < 4.78 is 11.6. The zero-order valence-electron chi connectivity index (χ0n) is 25.0. The topological polar surface area (TPSA) is 224 Å². The van der Waals surface area contributed by atoms with Crippen LogP contribution in [0.4, 0.5) is 4.79 Å². The molecular formula is C27H45N3O11S. The first kappa shape index (κ1) is 34.3. The van der Waals surface area contributed by atoms with E-state index in [0.29, 0.717) is 12.8 Å². The molecule has 3 fully saturated rings. The van der Waals surface area contributed by atoms with Crippen LogP contribution in [0, 0.1) is 5.41 Å². The van der Waals surface area contributed by atoms with E-state index in [1.807, 2.05) is 0 Å². The lowest BCUT2D eigenvalue weighted by atomic mass is 9.49. The number of unbranched alkanes of at least 4 members (excludes halogenated alkanes) is 1. The summed E-state index contributed by atoms with van der Waals surface area (Å²) in [7, 11) is 0. The Balaban J connectivity index is 1.81. The first-order valence-electron chi connectivity index (χ1n) is 14.0. The summed E-state index contributed by atoms with van der Waals surface area (Å²) in [6.07, 6.45) is 1.85. The van der Waals surface area contributed by atoms with Crippen molar-refractivity contribution < 1.29 is 54.2 Å². The number of aliphatic hydroxyl groups excluding tert-OH is 2. The van der Waals surface area contributed by atoms with Crippen molar-refractivity contribution in [2.24, 2.45) is 5.41 Å². The minimum atomic E-state index is -2.57. The Labute approximate surface area is 249 Å². The molecule has 14 nitrogen and oxygen atoms in total. The minimum absolute atomic E-state index is 0.0271. The highest BCUT2D eigenvalue weighted by Crippen LogP contribution is 2.60. The van der Waals surface area contributed by atoms with Crippen LogP contribution in [-0.2, 0) is 23.9 Å². The molecule has 3 heterocycles. The van der Waals surface area contributed by atoms with E-state index in [2.05, 4.69) is 16.0 Å². The molecule has 0 saturated carbocycles. The number of thioether (sulfide) groups is 1. The van der Waals surface area contributed by atoms with E-state index >= 15 is 0 Å². The average molecular weight is 620 g/mol. The number of aliphatic carboxylic acids is 1. The first-order chi connectivity index (χ1) is 19.3. The van der Waals surface area contributed by atoms with Crippen molar-refractivity contribution in [1.82, 2.24) is 16.0 Å². The Morgan fingerprint density at radius 1 is 1.12 bits per heavy atom. The standard InChI is InChI=1S/C27H45N3O11S/c1-15(33)30-23(4)24(5,38)22(2,3)27(20(35)36,41-25(23,6)26(39,12-31)13-32)14-40-18(34)10-8-7-9-17-19-16(11-42-17)28-21(37)29-19/h16-17,19,31-32,38-39H,7-14H2,1-6H3,(H,30,33)(H,35,36)(H2,28,29,37)/t16-,17?,19-,23+,24+,25?,27-/m0/s1. The number of amides is 3. The Hall–Kier alpha value is -2.17. The molecule has 0 radical (unpaired) electrons. The predicted molar refractivity (Wildman–Crippen MR) is 151 cm³/mol. The van der Waals surface area contributed by atoms with Crippen molar-refractivity contribution >= 4 is 35.6 Å². The van der Waals surface area contributed by atoms with Gasteiger partial charge in [-0.05, 0) is 33.6 Å². The molecule has 15 heteroatoms. The van der Waals surface area contributed by atoms with E-state index in [4.69, 9.17) is 9.47 Å². The summed E-state index contributed by atoms with van der Waals surface area (Å²) in [5, 5.41) is 62.7. The van der Waals surface area contributed by atoms with Crippen LogP contribution in [0.1, 0.15) is 67.2 Å². The van der Waals surface area contributed by atoms with Gasteiger partial charge in [0.05, 0.1) is 36.4 Å². The molecule has 240 valence electrons. The summed E-state index contributed by atoms with van der Waals surface area (Å²) >= 11 is 1.75. The third-order valence-corrected chi connectivity index (χ3v) is 11.7. The van der Waals surface area contributed by atoms with Gasteiger partial charge < -0.3 is 51.0 Å². The van der Waals surface area contributed by atoms with Gasteiger partial charge in [0.1, 0.15) is 17.8 Å². The number of ether oxygens (including phenoxy) is 2. The fraction of sp³-hybridized carbons (Fsp3) is 0.852. The quantitative estimate of drug-likeness (QED) is 0.0768. The second-order valence-corrected chi connectivity index (χ2v) is 13.9. The molecule has 3 rings (SSSR count). The summed E-state index contributed by atoms with van der Waals surface area (Å²) in [5.41, 5.74) is -13.4. The SMILES string of the molecule is CC(=O)N[C@@]1(C)C(C)(C(O)(CO)CO)O[C@@](COC(=O)CCCCC2SC[C@@H]3NC(=O)N[C@H]23)(C(=O)O)C(C)(C)[C@@]1(C)O. The van der Waals surface area contributed by atoms with Crippen molar-refractivity contribution in [3.63, 3.8) is 0 Å². The number of esters is 1. The predicted octanol–water partition coefficient (Wildman–Crippen LogP) is -0.745. The van der Waals surface area contributed by atoms with E-state index in [1.54, 1.807) is 11.8 Å². The summed E-state index contributed by atoms with van der Waals surface area (Å²) in [6, 6.07) is -0.0476. The third kappa shape index (κ3) is 5.15. The molecule has 2 unspecified atom stereocenters. The molecule has 3 aliphatic rings. The number of hydrogen-bond donors (Lipinski definition) is 8. The van der Waals surface area contributed by atoms with E-state index < -0.39 is 71.0 Å². The normalized spacial score (nSPS) is 37.4. The Morgan fingerprint density at radius 2 is 1.74 bits per heavy atom. The minimum Gasteiger partial charge on any atom is -0.479 e.